The third-order valence-corrected chi connectivity index (χ3v) is 6.69. The van der Waals surface area contributed by atoms with Gasteiger partial charge in [0.15, 0.2) is 5.82 Å². The highest BCUT2D eigenvalue weighted by Crippen LogP contribution is 2.48. The number of aryl methyl sites for hydroxylation is 1. The molecular weight excluding hydrogens is 487 g/mol. The first-order valence-corrected chi connectivity index (χ1v) is 11.2. The third kappa shape index (κ3) is 3.97. The summed E-state index contributed by atoms with van der Waals surface area (Å²) in [6.45, 7) is 3.19. The molecule has 0 radical (unpaired) electrons. The number of aromatic nitrogens is 3. The number of nitrogens with one attached hydrogen (secondary N) is 1. The second-order valence-electron chi connectivity index (χ2n) is 9.70. The fraction of sp³-hybridized carbons (Fsp3) is 0.458. The Labute approximate surface area is 202 Å². The summed E-state index contributed by atoms with van der Waals surface area (Å²) in [5.41, 5.74) is -6.80. The maximum atomic E-state index is 15.2. The van der Waals surface area contributed by atoms with Crippen LogP contribution in [0.3, 0.4) is 0 Å². The number of fused-ring (bicyclic) bond motifs is 1. The van der Waals surface area contributed by atoms with Crippen LogP contribution >= 0.6 is 0 Å². The van der Waals surface area contributed by atoms with Crippen LogP contribution < -0.4 is 16.4 Å². The molecule has 1 fully saturated rings. The molecule has 2 aromatic heterocycles. The Morgan fingerprint density at radius 1 is 1.17 bits per heavy atom. The minimum atomic E-state index is -3.90. The summed E-state index contributed by atoms with van der Waals surface area (Å²) in [6.07, 6.45) is -1.51. The quantitative estimate of drug-likeness (QED) is 0.467. The maximum Gasteiger partial charge on any atom is 0.303 e. The Kier molecular flexibility index (Phi) is 6.02. The van der Waals surface area contributed by atoms with Gasteiger partial charge in [0.1, 0.15) is 17.0 Å². The van der Waals surface area contributed by atoms with Crippen molar-refractivity contribution < 1.29 is 27.1 Å². The van der Waals surface area contributed by atoms with Gasteiger partial charge in [-0.1, -0.05) is 12.1 Å². The van der Waals surface area contributed by atoms with E-state index in [1.54, 1.807) is 0 Å². The van der Waals surface area contributed by atoms with E-state index in [9.17, 15) is 32.3 Å². The van der Waals surface area contributed by atoms with Gasteiger partial charge in [0.2, 0.25) is 0 Å². The molecule has 12 heteroatoms. The van der Waals surface area contributed by atoms with Crippen molar-refractivity contribution in [3.8, 4) is 0 Å². The number of rotatable bonds is 7. The van der Waals surface area contributed by atoms with E-state index >= 15 is 4.39 Å². The average molecular weight is 512 g/mol. The molecule has 0 unspecified atom stereocenters. The molecule has 0 saturated heterocycles. The van der Waals surface area contributed by atoms with Gasteiger partial charge >= 0.3 is 5.92 Å². The highest BCUT2D eigenvalue weighted by Gasteiger charge is 2.53. The van der Waals surface area contributed by atoms with Gasteiger partial charge in [0.05, 0.1) is 17.0 Å². The minimum Gasteiger partial charge on any atom is -0.384 e. The molecule has 1 atom stereocenters. The zero-order valence-corrected chi connectivity index (χ0v) is 20.0. The highest BCUT2D eigenvalue weighted by molar-refractivity contribution is 5.90. The monoisotopic (exact) mass is 512 g/mol. The van der Waals surface area contributed by atoms with E-state index in [0.29, 0.717) is 0 Å². The lowest BCUT2D eigenvalue weighted by atomic mass is 9.91. The Balaban J connectivity index is 1.82. The Morgan fingerprint density at radius 3 is 2.36 bits per heavy atom. The fourth-order valence-corrected chi connectivity index (χ4v) is 4.21. The number of pyridine rings is 1. The number of hydrogen-bond acceptors (Lipinski definition) is 5. The molecule has 2 heterocycles. The smallest absolute Gasteiger partial charge is 0.303 e. The van der Waals surface area contributed by atoms with Gasteiger partial charge in [-0.2, -0.15) is 13.9 Å². The Bertz CT molecular complexity index is 1460. The molecule has 2 N–H and O–H groups in total. The predicted molar refractivity (Wildman–Crippen MR) is 123 cm³/mol. The van der Waals surface area contributed by atoms with E-state index in [1.807, 2.05) is 0 Å². The summed E-state index contributed by atoms with van der Waals surface area (Å²) in [5, 5.41) is 16.8. The van der Waals surface area contributed by atoms with Gasteiger partial charge in [-0.15, -0.1) is 0 Å². The van der Waals surface area contributed by atoms with Crippen molar-refractivity contribution in [3.05, 3.63) is 68.1 Å². The molecule has 4 rings (SSSR count). The second kappa shape index (κ2) is 8.39. The van der Waals surface area contributed by atoms with Crippen LogP contribution in [-0.2, 0) is 18.5 Å². The molecule has 1 saturated carbocycles. The van der Waals surface area contributed by atoms with Crippen LogP contribution in [0.15, 0.2) is 40.1 Å². The van der Waals surface area contributed by atoms with E-state index in [2.05, 4.69) is 10.4 Å². The van der Waals surface area contributed by atoms with Gasteiger partial charge in [0.25, 0.3) is 17.5 Å². The summed E-state index contributed by atoms with van der Waals surface area (Å²) in [4.78, 5) is 25.2. The third-order valence-electron chi connectivity index (χ3n) is 6.69. The topological polar surface area (TPSA) is 89.2 Å². The van der Waals surface area contributed by atoms with Gasteiger partial charge in [-0.05, 0) is 39.7 Å². The Morgan fingerprint density at radius 2 is 1.81 bits per heavy atom. The number of anilines is 1. The van der Waals surface area contributed by atoms with Crippen LogP contribution in [0.5, 0.6) is 0 Å². The van der Waals surface area contributed by atoms with Gasteiger partial charge in [-0.3, -0.25) is 9.59 Å². The van der Waals surface area contributed by atoms with Crippen LogP contribution in [0.25, 0.3) is 10.8 Å². The number of halogens is 5. The van der Waals surface area contributed by atoms with E-state index < -0.39 is 52.0 Å². The minimum absolute atomic E-state index is 0.0301. The molecule has 0 spiro atoms. The van der Waals surface area contributed by atoms with Crippen molar-refractivity contribution >= 4 is 16.6 Å². The molecule has 7 nitrogen and oxygen atoms in total. The molecule has 1 aliphatic carbocycles. The lowest BCUT2D eigenvalue weighted by Crippen LogP contribution is -2.41. The summed E-state index contributed by atoms with van der Waals surface area (Å²) < 4.78 is 73.9. The highest BCUT2D eigenvalue weighted by atomic mass is 19.3. The molecule has 0 amide bonds. The second-order valence-corrected chi connectivity index (χ2v) is 9.70. The Hall–Kier alpha value is -3.28. The van der Waals surface area contributed by atoms with Crippen LogP contribution in [0.2, 0.25) is 0 Å². The number of aliphatic hydroxyl groups is 1. The van der Waals surface area contributed by atoms with E-state index in [-0.39, 0.29) is 35.0 Å². The van der Waals surface area contributed by atoms with E-state index in [1.165, 1.54) is 26.1 Å². The zero-order valence-electron chi connectivity index (χ0n) is 20.0. The molecule has 3 aromatic rings. The summed E-state index contributed by atoms with van der Waals surface area (Å²) in [7, 11) is 1.32. The van der Waals surface area contributed by atoms with Crippen LogP contribution in [0.4, 0.5) is 27.8 Å². The molecule has 1 aliphatic rings. The van der Waals surface area contributed by atoms with Gasteiger partial charge < -0.3 is 15.0 Å². The molecule has 0 bridgehead atoms. The maximum absolute atomic E-state index is 15.2. The standard InChI is InChI=1S/C24H25F5N4O3/c1-12(13-6-5-7-16(18(13)25)24(28,29)22(2,3)36)30-19-15-11-33(23(8-9-23)21(26)27)17(34)10-14(15)20(35)32(4)31-19/h5-7,10-12,21,36H,8-9H2,1-4H3,(H,30,31)/t12-/m1/s1. The number of alkyl halides is 4. The van der Waals surface area contributed by atoms with Crippen LogP contribution in [-0.4, -0.2) is 31.5 Å². The van der Waals surface area contributed by atoms with Crippen molar-refractivity contribution in [1.82, 2.24) is 14.3 Å². The van der Waals surface area contributed by atoms with Crippen molar-refractivity contribution in [2.75, 3.05) is 5.32 Å². The molecule has 36 heavy (non-hydrogen) atoms. The summed E-state index contributed by atoms with van der Waals surface area (Å²) >= 11 is 0. The SMILES string of the molecule is C[C@@H](Nc1nn(C)c(=O)c2cc(=O)n(C3(C(F)F)CC3)cc12)c1cccc(C(F)(F)C(C)(C)O)c1F. The van der Waals surface area contributed by atoms with Crippen molar-refractivity contribution in [2.24, 2.45) is 7.05 Å². The van der Waals surface area contributed by atoms with E-state index in [0.717, 1.165) is 41.4 Å². The largest absolute Gasteiger partial charge is 0.384 e. The van der Waals surface area contributed by atoms with Crippen LogP contribution in [0, 0.1) is 5.82 Å². The van der Waals surface area contributed by atoms with E-state index in [4.69, 9.17) is 0 Å². The summed E-state index contributed by atoms with van der Waals surface area (Å²) in [5.74, 6) is -5.18. The lowest BCUT2D eigenvalue weighted by Gasteiger charge is -2.30. The number of benzene rings is 1. The molecule has 194 valence electrons. The van der Waals surface area contributed by atoms with Gasteiger partial charge in [0, 0.05) is 30.3 Å². The van der Waals surface area contributed by atoms with Crippen LogP contribution in [0.1, 0.15) is 50.8 Å². The lowest BCUT2D eigenvalue weighted by molar-refractivity contribution is -0.170. The zero-order chi connectivity index (χ0) is 26.8. The predicted octanol–water partition coefficient (Wildman–Crippen LogP) is 4.02. The molecular formula is C24H25F5N4O3. The number of hydrogen-bond donors (Lipinski definition) is 2. The first kappa shape index (κ1) is 25.8. The van der Waals surface area contributed by atoms with Crippen molar-refractivity contribution in [1.29, 1.82) is 0 Å². The number of nitrogens with zero attached hydrogens (tertiary/aromatic N) is 3. The van der Waals surface area contributed by atoms with Crippen molar-refractivity contribution in [3.63, 3.8) is 0 Å². The first-order valence-electron chi connectivity index (χ1n) is 11.2. The average Bonchev–Trinajstić information content (AvgIpc) is 3.58. The fourth-order valence-electron chi connectivity index (χ4n) is 4.21. The molecule has 0 aliphatic heterocycles. The van der Waals surface area contributed by atoms with Crippen molar-refractivity contribution in [2.45, 2.75) is 63.1 Å². The summed E-state index contributed by atoms with van der Waals surface area (Å²) in [6, 6.07) is 3.34. The van der Waals surface area contributed by atoms with Gasteiger partial charge in [-0.25, -0.2) is 17.9 Å². The first-order chi connectivity index (χ1) is 16.6. The normalized spacial score (nSPS) is 16.4. The molecule has 1 aromatic carbocycles.